The molecule has 0 saturated heterocycles. The number of benzene rings is 1. The van der Waals surface area contributed by atoms with Gasteiger partial charge in [0, 0.05) is 10.5 Å². The van der Waals surface area contributed by atoms with E-state index in [1.54, 1.807) is 0 Å². The largest absolute Gasteiger partial charge is 0.416 e. The summed E-state index contributed by atoms with van der Waals surface area (Å²) in [6.07, 6.45) is -1.14. The van der Waals surface area contributed by atoms with Crippen molar-refractivity contribution in [2.45, 2.75) is 37.9 Å². The molecule has 1 unspecified atom stereocenters. The molecule has 1 aliphatic heterocycles. The van der Waals surface area contributed by atoms with Gasteiger partial charge in [0.25, 0.3) is 0 Å². The highest BCUT2D eigenvalue weighted by atomic mass is 79.9. The van der Waals surface area contributed by atoms with Crippen LogP contribution in [0.15, 0.2) is 16.6 Å². The Morgan fingerprint density at radius 2 is 1.95 bits per heavy atom. The van der Waals surface area contributed by atoms with Crippen LogP contribution in [0.1, 0.15) is 30.4 Å². The Balaban J connectivity index is 2.08. The van der Waals surface area contributed by atoms with Crippen molar-refractivity contribution in [2.75, 3.05) is 4.90 Å². The third-order valence-electron chi connectivity index (χ3n) is 4.11. The maximum atomic E-state index is 12.9. The lowest BCUT2D eigenvalue weighted by atomic mass is 9.92. The van der Waals surface area contributed by atoms with Crippen molar-refractivity contribution < 1.29 is 18.0 Å². The highest BCUT2D eigenvalue weighted by molar-refractivity contribution is 9.10. The summed E-state index contributed by atoms with van der Waals surface area (Å²) < 4.78 is 38.9. The van der Waals surface area contributed by atoms with Crippen molar-refractivity contribution in [1.29, 1.82) is 0 Å². The summed E-state index contributed by atoms with van der Waals surface area (Å²) in [7, 11) is 0. The highest BCUT2D eigenvalue weighted by Gasteiger charge is 2.42. The van der Waals surface area contributed by atoms with E-state index in [2.05, 4.69) is 15.9 Å². The van der Waals surface area contributed by atoms with E-state index in [0.29, 0.717) is 30.0 Å². The molecule has 1 amide bonds. The van der Waals surface area contributed by atoms with Crippen LogP contribution in [-0.2, 0) is 12.6 Å². The molecule has 1 fully saturated rings. The lowest BCUT2D eigenvalue weighted by Gasteiger charge is -2.37. The third-order valence-corrected chi connectivity index (χ3v) is 4.89. The number of alkyl halides is 3. The first kappa shape index (κ1) is 15.2. The number of halogens is 5. The molecule has 0 aromatic heterocycles. The number of rotatable bonds is 1. The number of hydrogen-bond donors (Lipinski definition) is 0. The quantitative estimate of drug-likeness (QED) is 0.473. The number of aryl methyl sites for hydroxylation is 1. The molecular formula is C14H12BrClF3NO. The van der Waals surface area contributed by atoms with Gasteiger partial charge in [-0.1, -0.05) is 0 Å². The van der Waals surface area contributed by atoms with Crippen LogP contribution in [0.3, 0.4) is 0 Å². The first-order chi connectivity index (χ1) is 9.79. The molecule has 3 rings (SSSR count). The molecule has 1 heterocycles. The number of carbonyl (C=O) groups excluding carboxylic acids is 1. The van der Waals surface area contributed by atoms with Crippen molar-refractivity contribution in [3.05, 3.63) is 27.7 Å². The van der Waals surface area contributed by atoms with E-state index in [1.807, 2.05) is 0 Å². The molecule has 7 heteroatoms. The number of hydrogen-bond acceptors (Lipinski definition) is 1. The average Bonchev–Trinajstić information content (AvgIpc) is 3.20. The monoisotopic (exact) mass is 381 g/mol. The minimum absolute atomic E-state index is 0.00413. The minimum atomic E-state index is -4.40. The molecule has 0 bridgehead atoms. The Bertz CT molecular complexity index is 601. The molecule has 2 nitrogen and oxygen atoms in total. The Morgan fingerprint density at radius 1 is 1.29 bits per heavy atom. The second-order valence-corrected chi connectivity index (χ2v) is 6.71. The Hall–Kier alpha value is -0.750. The summed E-state index contributed by atoms with van der Waals surface area (Å²) in [6.45, 7) is 0. The third kappa shape index (κ3) is 2.80. The zero-order valence-electron chi connectivity index (χ0n) is 10.9. The molecule has 0 radical (unpaired) electrons. The number of anilines is 1. The van der Waals surface area contributed by atoms with E-state index >= 15 is 0 Å². The van der Waals surface area contributed by atoms with Gasteiger partial charge in [-0.15, -0.1) is 0 Å². The normalized spacial score (nSPS) is 22.1. The predicted molar refractivity (Wildman–Crippen MR) is 77.7 cm³/mol. The van der Waals surface area contributed by atoms with Crippen LogP contribution in [0.25, 0.3) is 0 Å². The van der Waals surface area contributed by atoms with Crippen LogP contribution in [-0.4, -0.2) is 11.4 Å². The van der Waals surface area contributed by atoms with E-state index < -0.39 is 17.1 Å². The molecule has 1 aromatic carbocycles. The van der Waals surface area contributed by atoms with Gasteiger partial charge in [-0.25, -0.2) is 0 Å². The second-order valence-electron chi connectivity index (χ2n) is 5.53. The summed E-state index contributed by atoms with van der Waals surface area (Å²) >= 11 is 8.88. The minimum Gasteiger partial charge on any atom is -0.294 e. The van der Waals surface area contributed by atoms with Gasteiger partial charge < -0.3 is 0 Å². The SMILES string of the molecule is O=C(Cl)N1c2c(Br)cc(C(F)(F)F)cc2CCC1C1CC1. The number of carbonyl (C=O) groups is 1. The van der Waals surface area contributed by atoms with Gasteiger partial charge in [0.05, 0.1) is 11.3 Å². The van der Waals surface area contributed by atoms with Crippen molar-refractivity contribution in [3.8, 4) is 0 Å². The van der Waals surface area contributed by atoms with Gasteiger partial charge in [0.15, 0.2) is 0 Å². The maximum absolute atomic E-state index is 12.9. The van der Waals surface area contributed by atoms with E-state index in [1.165, 1.54) is 4.90 Å². The van der Waals surface area contributed by atoms with E-state index in [0.717, 1.165) is 25.0 Å². The zero-order chi connectivity index (χ0) is 15.4. The predicted octanol–water partition coefficient (Wildman–Crippen LogP) is 5.36. The molecular weight excluding hydrogens is 371 g/mol. The van der Waals surface area contributed by atoms with E-state index in [9.17, 15) is 18.0 Å². The van der Waals surface area contributed by atoms with Crippen LogP contribution < -0.4 is 4.90 Å². The van der Waals surface area contributed by atoms with Crippen molar-refractivity contribution in [1.82, 2.24) is 0 Å². The van der Waals surface area contributed by atoms with Gasteiger partial charge in [0.1, 0.15) is 0 Å². The number of nitrogens with zero attached hydrogens (tertiary/aromatic N) is 1. The smallest absolute Gasteiger partial charge is 0.294 e. The van der Waals surface area contributed by atoms with Crippen LogP contribution in [0.5, 0.6) is 0 Å². The summed E-state index contributed by atoms with van der Waals surface area (Å²) in [5.74, 6) is 0.412. The number of amides is 1. The van der Waals surface area contributed by atoms with Crippen LogP contribution >= 0.6 is 27.5 Å². The van der Waals surface area contributed by atoms with Crippen LogP contribution in [0, 0.1) is 5.92 Å². The fourth-order valence-corrected chi connectivity index (χ4v) is 3.93. The first-order valence-corrected chi connectivity index (χ1v) is 7.84. The Labute approximate surface area is 133 Å². The van der Waals surface area contributed by atoms with Gasteiger partial charge in [0.2, 0.25) is 0 Å². The first-order valence-electron chi connectivity index (χ1n) is 6.67. The van der Waals surface area contributed by atoms with Crippen molar-refractivity contribution in [3.63, 3.8) is 0 Å². The summed E-state index contributed by atoms with van der Waals surface area (Å²) in [6, 6.07) is 2.13. The van der Waals surface area contributed by atoms with Gasteiger partial charge in [-0.3, -0.25) is 9.69 Å². The topological polar surface area (TPSA) is 20.3 Å². The molecule has 21 heavy (non-hydrogen) atoms. The summed E-state index contributed by atoms with van der Waals surface area (Å²) in [5, 5.41) is -0.631. The van der Waals surface area contributed by atoms with E-state index in [-0.39, 0.29) is 10.5 Å². The molecule has 1 atom stereocenters. The highest BCUT2D eigenvalue weighted by Crippen LogP contribution is 2.47. The van der Waals surface area contributed by atoms with Crippen molar-refractivity contribution >= 4 is 38.6 Å². The Morgan fingerprint density at radius 3 is 2.48 bits per heavy atom. The molecule has 1 aliphatic carbocycles. The fourth-order valence-electron chi connectivity index (χ4n) is 3.02. The van der Waals surface area contributed by atoms with Gasteiger partial charge in [-0.2, -0.15) is 13.2 Å². The fraction of sp³-hybridized carbons (Fsp3) is 0.500. The molecule has 2 aliphatic rings. The van der Waals surface area contributed by atoms with Gasteiger partial charge in [-0.05, 0) is 76.8 Å². The molecule has 1 aromatic rings. The molecule has 114 valence electrons. The molecule has 1 saturated carbocycles. The molecule has 0 N–H and O–H groups in total. The zero-order valence-corrected chi connectivity index (χ0v) is 13.2. The van der Waals surface area contributed by atoms with E-state index in [4.69, 9.17) is 11.6 Å². The van der Waals surface area contributed by atoms with Crippen LogP contribution in [0.4, 0.5) is 23.7 Å². The summed E-state index contributed by atoms with van der Waals surface area (Å²) in [5.41, 5.74) is 0.300. The molecule has 0 spiro atoms. The van der Waals surface area contributed by atoms with Crippen molar-refractivity contribution in [2.24, 2.45) is 5.92 Å². The maximum Gasteiger partial charge on any atom is 0.416 e. The summed E-state index contributed by atoms with van der Waals surface area (Å²) in [4.78, 5) is 13.2. The van der Waals surface area contributed by atoms with Crippen LogP contribution in [0.2, 0.25) is 0 Å². The average molecular weight is 383 g/mol. The lowest BCUT2D eigenvalue weighted by Crippen LogP contribution is -2.42. The number of fused-ring (bicyclic) bond motifs is 1. The second kappa shape index (κ2) is 5.16. The van der Waals surface area contributed by atoms with Gasteiger partial charge >= 0.3 is 11.5 Å². The lowest BCUT2D eigenvalue weighted by molar-refractivity contribution is -0.137. The standard InChI is InChI=1S/C14H12BrClF3NO/c15-10-6-9(14(17,18)19)5-8-3-4-11(7-1-2-7)20(12(8)10)13(16)21/h5-7,11H,1-4H2. The Kier molecular flexibility index (Phi) is 3.72.